The lowest BCUT2D eigenvalue weighted by Crippen LogP contribution is -2.16. The Labute approximate surface area is 209 Å². The maximum atomic E-state index is 12.9. The van der Waals surface area contributed by atoms with E-state index in [0.717, 1.165) is 33.1 Å². The topological polar surface area (TPSA) is 76.0 Å². The number of aryl methyl sites for hydroxylation is 3. The first-order valence-electron chi connectivity index (χ1n) is 11.3. The van der Waals surface area contributed by atoms with Gasteiger partial charge in [0.1, 0.15) is 5.82 Å². The molecule has 178 valence electrons. The Morgan fingerprint density at radius 1 is 0.857 bits per heavy atom. The molecule has 0 fully saturated rings. The zero-order valence-electron chi connectivity index (χ0n) is 20.3. The number of thioether (sulfide) groups is 1. The summed E-state index contributed by atoms with van der Waals surface area (Å²) in [6.07, 6.45) is 0. The summed E-state index contributed by atoms with van der Waals surface area (Å²) in [4.78, 5) is 25.0. The van der Waals surface area contributed by atoms with E-state index in [9.17, 15) is 9.59 Å². The maximum absolute atomic E-state index is 12.9. The molecule has 1 heterocycles. The lowest BCUT2D eigenvalue weighted by Gasteiger charge is -2.09. The molecule has 1 aromatic heterocycles. The molecule has 0 aliphatic rings. The molecule has 0 unspecified atom stereocenters. The minimum absolute atomic E-state index is 0.116. The van der Waals surface area contributed by atoms with Gasteiger partial charge in [0, 0.05) is 29.1 Å². The fourth-order valence-corrected chi connectivity index (χ4v) is 4.47. The van der Waals surface area contributed by atoms with E-state index in [2.05, 4.69) is 43.5 Å². The summed E-state index contributed by atoms with van der Waals surface area (Å²) in [5.74, 6) is 0.629. The van der Waals surface area contributed by atoms with Crippen LogP contribution >= 0.6 is 11.8 Å². The van der Waals surface area contributed by atoms with E-state index in [1.165, 1.54) is 29.8 Å². The molecular formula is C28H28N4O2S. The number of carbonyl (C=O) groups is 2. The summed E-state index contributed by atoms with van der Waals surface area (Å²) in [6.45, 7) is 7.75. The highest BCUT2D eigenvalue weighted by atomic mass is 32.2. The highest BCUT2D eigenvalue weighted by Gasteiger charge is 2.16. The highest BCUT2D eigenvalue weighted by molar-refractivity contribution is 8.00. The number of benzene rings is 3. The molecule has 0 radical (unpaired) electrons. The molecule has 0 saturated heterocycles. The molecule has 35 heavy (non-hydrogen) atoms. The summed E-state index contributed by atoms with van der Waals surface area (Å²) in [5.41, 5.74) is 7.04. The van der Waals surface area contributed by atoms with E-state index in [-0.39, 0.29) is 17.6 Å². The van der Waals surface area contributed by atoms with Crippen LogP contribution in [-0.2, 0) is 9.59 Å². The van der Waals surface area contributed by atoms with Gasteiger partial charge in [-0.2, -0.15) is 5.10 Å². The zero-order chi connectivity index (χ0) is 24.9. The van der Waals surface area contributed by atoms with Crippen LogP contribution in [0.1, 0.15) is 23.6 Å². The Hall–Kier alpha value is -3.84. The molecule has 3 aromatic carbocycles. The van der Waals surface area contributed by atoms with Gasteiger partial charge in [-0.25, -0.2) is 4.68 Å². The summed E-state index contributed by atoms with van der Waals surface area (Å²) < 4.78 is 1.77. The van der Waals surface area contributed by atoms with E-state index in [0.29, 0.717) is 5.82 Å². The molecule has 4 aromatic rings. The van der Waals surface area contributed by atoms with Crippen LogP contribution in [0, 0.1) is 20.8 Å². The average Bonchev–Trinajstić information content (AvgIpc) is 3.24. The van der Waals surface area contributed by atoms with Crippen molar-refractivity contribution in [1.29, 1.82) is 0 Å². The van der Waals surface area contributed by atoms with Crippen LogP contribution in [0.3, 0.4) is 0 Å². The Morgan fingerprint density at radius 2 is 1.54 bits per heavy atom. The minimum atomic E-state index is -0.124. The smallest absolute Gasteiger partial charge is 0.235 e. The lowest BCUT2D eigenvalue weighted by molar-refractivity contribution is -0.114. The monoisotopic (exact) mass is 484 g/mol. The number of aromatic nitrogens is 2. The fraction of sp³-hybridized carbons (Fsp3) is 0.179. The molecule has 0 spiro atoms. The van der Waals surface area contributed by atoms with Crippen molar-refractivity contribution in [2.24, 2.45) is 0 Å². The number of hydrogen-bond donors (Lipinski definition) is 2. The fourth-order valence-electron chi connectivity index (χ4n) is 3.77. The second-order valence-corrected chi connectivity index (χ2v) is 9.50. The predicted octanol–water partition coefficient (Wildman–Crippen LogP) is 6.15. The third-order valence-corrected chi connectivity index (χ3v) is 6.65. The van der Waals surface area contributed by atoms with Gasteiger partial charge in [0.2, 0.25) is 11.8 Å². The molecule has 0 saturated carbocycles. The van der Waals surface area contributed by atoms with Gasteiger partial charge < -0.3 is 10.6 Å². The molecule has 2 amide bonds. The number of para-hydroxylation sites is 1. The maximum Gasteiger partial charge on any atom is 0.235 e. The minimum Gasteiger partial charge on any atom is -0.326 e. The van der Waals surface area contributed by atoms with Crippen LogP contribution in [0.2, 0.25) is 0 Å². The standard InChI is InChI=1S/C28H28N4O2S/c1-18-14-20(3)25(15-19(18)2)26-16-27(32(31-26)23-8-6-5-7-9-23)30-28(34)17-35-24-12-10-22(11-13-24)29-21(4)33/h5-16H,17H2,1-4H3,(H,29,33)(H,30,34). The van der Waals surface area contributed by atoms with E-state index < -0.39 is 0 Å². The van der Waals surface area contributed by atoms with Gasteiger partial charge in [0.05, 0.1) is 17.1 Å². The van der Waals surface area contributed by atoms with Gasteiger partial charge in [0.25, 0.3) is 0 Å². The first-order valence-corrected chi connectivity index (χ1v) is 12.3. The van der Waals surface area contributed by atoms with Crippen molar-refractivity contribution in [1.82, 2.24) is 9.78 Å². The van der Waals surface area contributed by atoms with Crippen molar-refractivity contribution in [2.75, 3.05) is 16.4 Å². The average molecular weight is 485 g/mol. The Bertz CT molecular complexity index is 1360. The molecule has 0 aliphatic carbocycles. The summed E-state index contributed by atoms with van der Waals surface area (Å²) in [7, 11) is 0. The second-order valence-electron chi connectivity index (χ2n) is 8.46. The van der Waals surface area contributed by atoms with Crippen molar-refractivity contribution in [3.05, 3.63) is 89.5 Å². The number of carbonyl (C=O) groups excluding carboxylic acids is 2. The number of amides is 2. The number of hydrogen-bond acceptors (Lipinski definition) is 4. The van der Waals surface area contributed by atoms with Gasteiger partial charge in [-0.15, -0.1) is 11.8 Å². The van der Waals surface area contributed by atoms with Crippen LogP contribution in [0.4, 0.5) is 11.5 Å². The van der Waals surface area contributed by atoms with Gasteiger partial charge in [-0.3, -0.25) is 9.59 Å². The molecule has 7 heteroatoms. The van der Waals surface area contributed by atoms with Crippen LogP contribution < -0.4 is 10.6 Å². The second kappa shape index (κ2) is 10.6. The van der Waals surface area contributed by atoms with Crippen molar-refractivity contribution in [3.8, 4) is 16.9 Å². The van der Waals surface area contributed by atoms with Gasteiger partial charge in [-0.05, 0) is 79.9 Å². The molecule has 4 rings (SSSR count). The number of nitrogens with one attached hydrogen (secondary N) is 2. The predicted molar refractivity (Wildman–Crippen MR) is 143 cm³/mol. The summed E-state index contributed by atoms with van der Waals surface area (Å²) in [5, 5.41) is 10.6. The zero-order valence-corrected chi connectivity index (χ0v) is 21.1. The first-order chi connectivity index (χ1) is 16.8. The third-order valence-electron chi connectivity index (χ3n) is 5.64. The number of rotatable bonds is 7. The molecule has 0 atom stereocenters. The van der Waals surface area contributed by atoms with E-state index in [1.54, 1.807) is 4.68 Å². The molecule has 2 N–H and O–H groups in total. The van der Waals surface area contributed by atoms with Crippen molar-refractivity contribution >= 4 is 35.1 Å². The molecule has 6 nitrogen and oxygen atoms in total. The van der Waals surface area contributed by atoms with E-state index in [1.807, 2.05) is 60.7 Å². The highest BCUT2D eigenvalue weighted by Crippen LogP contribution is 2.29. The first kappa shape index (κ1) is 24.3. The quantitative estimate of drug-likeness (QED) is 0.308. The Balaban J connectivity index is 1.55. The Morgan fingerprint density at radius 3 is 2.23 bits per heavy atom. The molecular weight excluding hydrogens is 456 g/mol. The largest absolute Gasteiger partial charge is 0.326 e. The van der Waals surface area contributed by atoms with Gasteiger partial charge >= 0.3 is 0 Å². The third kappa shape index (κ3) is 6.00. The van der Waals surface area contributed by atoms with Crippen LogP contribution in [0.15, 0.2) is 77.7 Å². The number of nitrogens with zero attached hydrogens (tertiary/aromatic N) is 2. The SMILES string of the molecule is CC(=O)Nc1ccc(SCC(=O)Nc2cc(-c3cc(C)c(C)cc3C)nn2-c2ccccc2)cc1. The lowest BCUT2D eigenvalue weighted by atomic mass is 9.99. The normalized spacial score (nSPS) is 10.7. The van der Waals surface area contributed by atoms with Crippen molar-refractivity contribution < 1.29 is 9.59 Å². The summed E-state index contributed by atoms with van der Waals surface area (Å²) in [6, 6.07) is 23.4. The van der Waals surface area contributed by atoms with E-state index >= 15 is 0 Å². The van der Waals surface area contributed by atoms with Crippen LogP contribution in [0.5, 0.6) is 0 Å². The van der Waals surface area contributed by atoms with Gasteiger partial charge in [0.15, 0.2) is 0 Å². The van der Waals surface area contributed by atoms with Crippen molar-refractivity contribution in [2.45, 2.75) is 32.6 Å². The number of anilines is 2. The van der Waals surface area contributed by atoms with Crippen LogP contribution in [0.25, 0.3) is 16.9 Å². The molecule has 0 aliphatic heterocycles. The van der Waals surface area contributed by atoms with Crippen molar-refractivity contribution in [3.63, 3.8) is 0 Å². The van der Waals surface area contributed by atoms with Crippen LogP contribution in [-0.4, -0.2) is 27.3 Å². The van der Waals surface area contributed by atoms with E-state index in [4.69, 9.17) is 5.10 Å². The Kier molecular flexibility index (Phi) is 7.36. The summed E-state index contributed by atoms with van der Waals surface area (Å²) >= 11 is 1.43. The molecule has 0 bridgehead atoms. The van der Waals surface area contributed by atoms with Gasteiger partial charge in [-0.1, -0.05) is 24.3 Å².